The summed E-state index contributed by atoms with van der Waals surface area (Å²) in [7, 11) is 0. The number of nitrogens with zero attached hydrogens (tertiary/aromatic N) is 3. The van der Waals surface area contributed by atoms with Gasteiger partial charge in [-0.05, 0) is 6.07 Å². The number of hydrogen-bond donors (Lipinski definition) is 5. The van der Waals surface area contributed by atoms with Gasteiger partial charge in [0.1, 0.15) is 30.0 Å². The van der Waals surface area contributed by atoms with Crippen molar-refractivity contribution in [3.8, 4) is 0 Å². The Balaban J connectivity index is 2.11. The number of fused-ring (bicyclic) bond motifs is 1. The number of hydrogen-bond acceptors (Lipinski definition) is 8. The highest BCUT2D eigenvalue weighted by atomic mass is 16.6. The summed E-state index contributed by atoms with van der Waals surface area (Å²) in [6, 6.07) is 1.64. The van der Waals surface area contributed by atoms with Crippen molar-refractivity contribution in [1.82, 2.24) is 14.5 Å². The van der Waals surface area contributed by atoms with Gasteiger partial charge in [-0.15, -0.1) is 0 Å². The van der Waals surface area contributed by atoms with Crippen molar-refractivity contribution in [2.24, 2.45) is 0 Å². The molecule has 9 heteroatoms. The van der Waals surface area contributed by atoms with E-state index in [1.54, 1.807) is 12.3 Å². The van der Waals surface area contributed by atoms with Crippen LogP contribution in [0.2, 0.25) is 0 Å². The molecule has 0 aliphatic carbocycles. The zero-order valence-electron chi connectivity index (χ0n) is 11.0. The molecule has 1 saturated heterocycles. The summed E-state index contributed by atoms with van der Waals surface area (Å²) < 4.78 is 6.92. The van der Waals surface area contributed by atoms with Gasteiger partial charge < -0.3 is 35.5 Å². The van der Waals surface area contributed by atoms with Crippen LogP contribution in [-0.4, -0.2) is 66.0 Å². The summed E-state index contributed by atoms with van der Waals surface area (Å²) >= 11 is 0. The van der Waals surface area contributed by atoms with Gasteiger partial charge in [0.05, 0.1) is 18.6 Å². The van der Waals surface area contributed by atoms with E-state index in [0.717, 1.165) is 0 Å². The maximum Gasteiger partial charge on any atom is 0.169 e. The first-order chi connectivity index (χ1) is 10.0. The second-order valence-corrected chi connectivity index (χ2v) is 5.02. The van der Waals surface area contributed by atoms with Crippen LogP contribution >= 0.6 is 0 Å². The highest BCUT2D eigenvalue weighted by molar-refractivity contribution is 5.86. The summed E-state index contributed by atoms with van der Waals surface area (Å²) in [5.41, 5.74) is 4.18. The molecule has 2 aromatic rings. The summed E-state index contributed by atoms with van der Waals surface area (Å²) in [6.07, 6.45) is -0.728. The van der Waals surface area contributed by atoms with Crippen LogP contribution in [0.4, 0.5) is 5.82 Å². The molecule has 0 saturated carbocycles. The normalized spacial score (nSPS) is 32.9. The summed E-state index contributed by atoms with van der Waals surface area (Å²) in [5, 5.41) is 39.8. The van der Waals surface area contributed by atoms with E-state index in [1.165, 1.54) is 10.9 Å². The quantitative estimate of drug-likeness (QED) is 0.436. The fourth-order valence-corrected chi connectivity index (χ4v) is 2.63. The lowest BCUT2D eigenvalue weighted by molar-refractivity contribution is -0.132. The Morgan fingerprint density at radius 3 is 2.81 bits per heavy atom. The standard InChI is InChI=1S/C12H16N4O5/c13-9-6-1-2-16(10(6)15-5-14-9)11-12(20,4-18)8(19)7(3-17)21-11/h1-2,5,7-8,11,17-20H,3-4H2,(H2,13,14,15)/t7-,8-,11+,12-/m1/s1. The third-order valence-corrected chi connectivity index (χ3v) is 3.82. The third kappa shape index (κ3) is 1.90. The van der Waals surface area contributed by atoms with E-state index < -0.39 is 37.3 Å². The first-order valence-corrected chi connectivity index (χ1v) is 6.37. The Labute approximate surface area is 119 Å². The number of aliphatic hydroxyl groups excluding tert-OH is 3. The maximum absolute atomic E-state index is 10.5. The van der Waals surface area contributed by atoms with Gasteiger partial charge in [-0.1, -0.05) is 0 Å². The highest BCUT2D eigenvalue weighted by Crippen LogP contribution is 2.39. The monoisotopic (exact) mass is 296 g/mol. The molecule has 3 rings (SSSR count). The van der Waals surface area contributed by atoms with Crippen LogP contribution in [0.25, 0.3) is 11.0 Å². The van der Waals surface area contributed by atoms with Crippen LogP contribution in [0.3, 0.4) is 0 Å². The zero-order valence-corrected chi connectivity index (χ0v) is 11.0. The van der Waals surface area contributed by atoms with Crippen LogP contribution in [0.1, 0.15) is 6.23 Å². The number of rotatable bonds is 3. The zero-order chi connectivity index (χ0) is 15.2. The minimum atomic E-state index is -1.96. The molecule has 0 unspecified atom stereocenters. The van der Waals surface area contributed by atoms with E-state index in [9.17, 15) is 20.4 Å². The maximum atomic E-state index is 10.5. The van der Waals surface area contributed by atoms with Crippen molar-refractivity contribution >= 4 is 16.9 Å². The van der Waals surface area contributed by atoms with E-state index in [4.69, 9.17) is 10.5 Å². The summed E-state index contributed by atoms with van der Waals surface area (Å²) in [6.45, 7) is -1.23. The van der Waals surface area contributed by atoms with Crippen molar-refractivity contribution in [2.75, 3.05) is 18.9 Å². The Morgan fingerprint density at radius 2 is 2.14 bits per heavy atom. The third-order valence-electron chi connectivity index (χ3n) is 3.82. The molecule has 2 aromatic heterocycles. The molecule has 114 valence electrons. The minimum absolute atomic E-state index is 0.267. The molecule has 4 atom stereocenters. The predicted octanol–water partition coefficient (Wildman–Crippen LogP) is -2.01. The molecule has 1 aliphatic heterocycles. The van der Waals surface area contributed by atoms with E-state index in [2.05, 4.69) is 9.97 Å². The smallest absolute Gasteiger partial charge is 0.169 e. The van der Waals surface area contributed by atoms with Gasteiger partial charge in [0.15, 0.2) is 11.8 Å². The van der Waals surface area contributed by atoms with Crippen molar-refractivity contribution in [3.05, 3.63) is 18.6 Å². The Bertz CT molecular complexity index is 662. The van der Waals surface area contributed by atoms with Crippen LogP contribution < -0.4 is 5.73 Å². The topological polar surface area (TPSA) is 147 Å². The van der Waals surface area contributed by atoms with Crippen molar-refractivity contribution in [3.63, 3.8) is 0 Å². The Morgan fingerprint density at radius 1 is 1.38 bits per heavy atom. The van der Waals surface area contributed by atoms with Crippen LogP contribution in [0.5, 0.6) is 0 Å². The number of aliphatic hydroxyl groups is 4. The van der Waals surface area contributed by atoms with Crippen LogP contribution in [0.15, 0.2) is 18.6 Å². The first kappa shape index (κ1) is 14.2. The van der Waals surface area contributed by atoms with E-state index in [1.807, 2.05) is 0 Å². The van der Waals surface area contributed by atoms with Gasteiger partial charge in [0.25, 0.3) is 0 Å². The molecule has 9 nitrogen and oxygen atoms in total. The van der Waals surface area contributed by atoms with Gasteiger partial charge in [-0.3, -0.25) is 0 Å². The average Bonchev–Trinajstić information content (AvgIpc) is 3.01. The van der Waals surface area contributed by atoms with Gasteiger partial charge in [-0.2, -0.15) is 0 Å². The molecule has 6 N–H and O–H groups in total. The van der Waals surface area contributed by atoms with Crippen LogP contribution in [0, 0.1) is 0 Å². The molecule has 21 heavy (non-hydrogen) atoms. The largest absolute Gasteiger partial charge is 0.394 e. The van der Waals surface area contributed by atoms with E-state index in [-0.39, 0.29) is 5.82 Å². The molecule has 1 fully saturated rings. The molecule has 0 radical (unpaired) electrons. The minimum Gasteiger partial charge on any atom is -0.394 e. The molecule has 0 aromatic carbocycles. The average molecular weight is 296 g/mol. The lowest BCUT2D eigenvalue weighted by Crippen LogP contribution is -2.49. The number of anilines is 1. The molecular formula is C12H16N4O5. The van der Waals surface area contributed by atoms with Gasteiger partial charge in [-0.25, -0.2) is 9.97 Å². The summed E-state index contributed by atoms with van der Waals surface area (Å²) in [4.78, 5) is 7.94. The van der Waals surface area contributed by atoms with Crippen molar-refractivity contribution < 1.29 is 25.2 Å². The molecule has 0 spiro atoms. The molecule has 1 aliphatic rings. The molecule has 3 heterocycles. The highest BCUT2D eigenvalue weighted by Gasteiger charge is 2.56. The van der Waals surface area contributed by atoms with E-state index in [0.29, 0.717) is 11.0 Å². The Hall–Kier alpha value is -1.78. The van der Waals surface area contributed by atoms with Crippen molar-refractivity contribution in [2.45, 2.75) is 24.0 Å². The van der Waals surface area contributed by atoms with Gasteiger partial charge >= 0.3 is 0 Å². The lowest BCUT2D eigenvalue weighted by atomic mass is 9.95. The molecule has 0 bridgehead atoms. The second-order valence-electron chi connectivity index (χ2n) is 5.02. The van der Waals surface area contributed by atoms with Crippen LogP contribution in [-0.2, 0) is 4.74 Å². The van der Waals surface area contributed by atoms with Gasteiger partial charge in [0, 0.05) is 6.20 Å². The molecule has 0 amide bonds. The fourth-order valence-electron chi connectivity index (χ4n) is 2.63. The second kappa shape index (κ2) is 4.90. The lowest BCUT2D eigenvalue weighted by Gasteiger charge is -2.29. The number of nitrogen functional groups attached to an aromatic ring is 1. The number of nitrogens with two attached hydrogens (primary N) is 1. The van der Waals surface area contributed by atoms with E-state index >= 15 is 0 Å². The fraction of sp³-hybridized carbons (Fsp3) is 0.500. The number of ether oxygens (including phenoxy) is 1. The van der Waals surface area contributed by atoms with Crippen molar-refractivity contribution in [1.29, 1.82) is 0 Å². The molecular weight excluding hydrogens is 280 g/mol. The summed E-state index contributed by atoms with van der Waals surface area (Å²) in [5.74, 6) is 0.267. The first-order valence-electron chi connectivity index (χ1n) is 6.37. The predicted molar refractivity (Wildman–Crippen MR) is 71.0 cm³/mol. The Kier molecular flexibility index (Phi) is 3.30. The number of aromatic nitrogens is 3. The van der Waals surface area contributed by atoms with Gasteiger partial charge in [0.2, 0.25) is 0 Å². The SMILES string of the molecule is Nc1ncnc2c1ccn2[C@H]1O[C@H](CO)[C@@H](O)[C@]1(O)CO.